The number of aromatic nitrogens is 3. The van der Waals surface area contributed by atoms with E-state index in [0.717, 1.165) is 44.4 Å². The number of methoxy groups -OCH3 is 1. The van der Waals surface area contributed by atoms with Crippen molar-refractivity contribution in [3.05, 3.63) is 85.1 Å². The van der Waals surface area contributed by atoms with Crippen LogP contribution in [0.5, 0.6) is 5.75 Å². The molecule has 0 unspecified atom stereocenters. The van der Waals surface area contributed by atoms with Crippen LogP contribution in [0.25, 0.3) is 44.5 Å². The molecule has 5 rings (SSSR count). The summed E-state index contributed by atoms with van der Waals surface area (Å²) in [7, 11) is 1.69. The predicted molar refractivity (Wildman–Crippen MR) is 112 cm³/mol. The van der Waals surface area contributed by atoms with Gasteiger partial charge in [0, 0.05) is 11.6 Å². The maximum Gasteiger partial charge on any atom is 0.179 e. The molecule has 5 aromatic rings. The van der Waals surface area contributed by atoms with Gasteiger partial charge in [-0.05, 0) is 35.0 Å². The van der Waals surface area contributed by atoms with Crippen LogP contribution in [0.15, 0.2) is 85.1 Å². The van der Waals surface area contributed by atoms with Crippen molar-refractivity contribution in [2.24, 2.45) is 0 Å². The first-order chi connectivity index (χ1) is 13.8. The van der Waals surface area contributed by atoms with Crippen LogP contribution in [0.2, 0.25) is 0 Å². The van der Waals surface area contributed by atoms with Crippen LogP contribution in [0.3, 0.4) is 0 Å². The fraction of sp³-hybridized carbons (Fsp3) is 0.0417. The molecule has 0 aliphatic heterocycles. The highest BCUT2D eigenvalue weighted by Crippen LogP contribution is 2.39. The van der Waals surface area contributed by atoms with Crippen molar-refractivity contribution >= 4 is 21.7 Å². The van der Waals surface area contributed by atoms with Gasteiger partial charge in [-0.25, -0.2) is 9.97 Å². The highest BCUT2D eigenvalue weighted by Gasteiger charge is 2.17. The summed E-state index contributed by atoms with van der Waals surface area (Å²) in [6.45, 7) is 0. The number of hydrogen-bond acceptors (Lipinski definition) is 4. The van der Waals surface area contributed by atoms with Gasteiger partial charge in [0.15, 0.2) is 5.82 Å². The quantitative estimate of drug-likeness (QED) is 0.423. The van der Waals surface area contributed by atoms with E-state index in [9.17, 15) is 0 Å². The predicted octanol–water partition coefficient (Wildman–Crippen LogP) is 5.52. The van der Waals surface area contributed by atoms with E-state index in [1.165, 1.54) is 0 Å². The Morgan fingerprint density at radius 2 is 1.50 bits per heavy atom. The van der Waals surface area contributed by atoms with Crippen LogP contribution in [-0.2, 0) is 0 Å². The SMILES string of the molecule is COc1ccc2ccccc2c1-c1nc(-c2ccccn2)nc2ccccc12. The lowest BCUT2D eigenvalue weighted by molar-refractivity contribution is 0.417. The molecule has 4 nitrogen and oxygen atoms in total. The van der Waals surface area contributed by atoms with Crippen LogP contribution in [-0.4, -0.2) is 22.1 Å². The molecule has 2 aromatic heterocycles. The molecule has 0 saturated carbocycles. The third-order valence-corrected chi connectivity index (χ3v) is 4.84. The molecular formula is C24H17N3O. The number of ether oxygens (including phenoxy) is 1. The molecule has 0 atom stereocenters. The van der Waals surface area contributed by atoms with Crippen molar-refractivity contribution in [3.63, 3.8) is 0 Å². The Kier molecular flexibility index (Phi) is 3.95. The van der Waals surface area contributed by atoms with E-state index in [1.54, 1.807) is 13.3 Å². The molecule has 0 bridgehead atoms. The smallest absolute Gasteiger partial charge is 0.179 e. The van der Waals surface area contributed by atoms with Crippen LogP contribution in [0, 0.1) is 0 Å². The minimum absolute atomic E-state index is 0.601. The molecule has 0 aliphatic carbocycles. The van der Waals surface area contributed by atoms with Gasteiger partial charge in [0.25, 0.3) is 0 Å². The Labute approximate surface area is 162 Å². The molecular weight excluding hydrogens is 346 g/mol. The number of rotatable bonds is 3. The monoisotopic (exact) mass is 363 g/mol. The van der Waals surface area contributed by atoms with E-state index in [2.05, 4.69) is 23.2 Å². The molecule has 2 heterocycles. The average Bonchev–Trinajstić information content (AvgIpc) is 2.78. The number of para-hydroxylation sites is 1. The fourth-order valence-electron chi connectivity index (χ4n) is 3.54. The molecule has 0 N–H and O–H groups in total. The number of fused-ring (bicyclic) bond motifs is 2. The Bertz CT molecular complexity index is 1300. The summed E-state index contributed by atoms with van der Waals surface area (Å²) in [6.07, 6.45) is 1.76. The first-order valence-electron chi connectivity index (χ1n) is 9.09. The van der Waals surface area contributed by atoms with Crippen molar-refractivity contribution in [2.75, 3.05) is 7.11 Å². The zero-order chi connectivity index (χ0) is 18.9. The average molecular weight is 363 g/mol. The van der Waals surface area contributed by atoms with Crippen molar-refractivity contribution in [1.29, 1.82) is 0 Å². The van der Waals surface area contributed by atoms with Gasteiger partial charge in [-0.15, -0.1) is 0 Å². The summed E-state index contributed by atoms with van der Waals surface area (Å²) in [5.41, 5.74) is 3.44. The van der Waals surface area contributed by atoms with Gasteiger partial charge >= 0.3 is 0 Å². The standard InChI is InChI=1S/C24H17N3O/c1-28-21-14-13-16-8-2-3-9-17(16)22(21)23-18-10-4-5-11-19(18)26-24(27-23)20-12-6-7-15-25-20/h2-15H,1H3. The second-order valence-corrected chi connectivity index (χ2v) is 6.49. The molecule has 4 heteroatoms. The summed E-state index contributed by atoms with van der Waals surface area (Å²) in [5.74, 6) is 1.39. The molecule has 0 radical (unpaired) electrons. The fourth-order valence-corrected chi connectivity index (χ4v) is 3.54. The molecule has 3 aromatic carbocycles. The molecule has 134 valence electrons. The van der Waals surface area contributed by atoms with E-state index in [-0.39, 0.29) is 0 Å². The molecule has 0 saturated heterocycles. The van der Waals surface area contributed by atoms with Gasteiger partial charge in [-0.2, -0.15) is 0 Å². The minimum Gasteiger partial charge on any atom is -0.496 e. The van der Waals surface area contributed by atoms with Crippen LogP contribution < -0.4 is 4.74 Å². The molecule has 28 heavy (non-hydrogen) atoms. The summed E-state index contributed by atoms with van der Waals surface area (Å²) >= 11 is 0. The number of benzene rings is 3. The first-order valence-corrected chi connectivity index (χ1v) is 9.09. The van der Waals surface area contributed by atoms with E-state index in [4.69, 9.17) is 14.7 Å². The van der Waals surface area contributed by atoms with E-state index in [0.29, 0.717) is 5.82 Å². The third-order valence-electron chi connectivity index (χ3n) is 4.84. The topological polar surface area (TPSA) is 47.9 Å². The third kappa shape index (κ3) is 2.67. The zero-order valence-corrected chi connectivity index (χ0v) is 15.3. The van der Waals surface area contributed by atoms with Gasteiger partial charge in [-0.1, -0.05) is 54.6 Å². The van der Waals surface area contributed by atoms with Gasteiger partial charge in [-0.3, -0.25) is 4.98 Å². The van der Waals surface area contributed by atoms with Crippen LogP contribution in [0.1, 0.15) is 0 Å². The van der Waals surface area contributed by atoms with E-state index >= 15 is 0 Å². The maximum atomic E-state index is 5.73. The first kappa shape index (κ1) is 16.4. The second kappa shape index (κ2) is 6.74. The minimum atomic E-state index is 0.601. The summed E-state index contributed by atoms with van der Waals surface area (Å²) in [4.78, 5) is 14.1. The van der Waals surface area contributed by atoms with E-state index < -0.39 is 0 Å². The van der Waals surface area contributed by atoms with Crippen LogP contribution >= 0.6 is 0 Å². The summed E-state index contributed by atoms with van der Waals surface area (Å²) in [5, 5.41) is 3.22. The lowest BCUT2D eigenvalue weighted by atomic mass is 9.98. The number of pyridine rings is 1. The number of hydrogen-bond donors (Lipinski definition) is 0. The normalized spacial score (nSPS) is 11.0. The highest BCUT2D eigenvalue weighted by molar-refractivity contribution is 6.05. The summed E-state index contributed by atoms with van der Waals surface area (Å²) in [6, 6.07) is 26.1. The highest BCUT2D eigenvalue weighted by atomic mass is 16.5. The molecule has 0 amide bonds. The van der Waals surface area contributed by atoms with Gasteiger partial charge in [0.2, 0.25) is 0 Å². The van der Waals surface area contributed by atoms with E-state index in [1.807, 2.05) is 60.7 Å². The van der Waals surface area contributed by atoms with Crippen LogP contribution in [0.4, 0.5) is 0 Å². The Morgan fingerprint density at radius 3 is 2.32 bits per heavy atom. The zero-order valence-electron chi connectivity index (χ0n) is 15.3. The second-order valence-electron chi connectivity index (χ2n) is 6.49. The van der Waals surface area contributed by atoms with Crippen molar-refractivity contribution in [2.45, 2.75) is 0 Å². The molecule has 0 fully saturated rings. The molecule has 0 spiro atoms. The van der Waals surface area contributed by atoms with Gasteiger partial charge in [0.1, 0.15) is 11.4 Å². The van der Waals surface area contributed by atoms with Crippen molar-refractivity contribution in [1.82, 2.24) is 15.0 Å². The number of nitrogens with zero attached hydrogens (tertiary/aromatic N) is 3. The van der Waals surface area contributed by atoms with Crippen molar-refractivity contribution < 1.29 is 4.74 Å². The Hall–Kier alpha value is -3.79. The van der Waals surface area contributed by atoms with Crippen molar-refractivity contribution in [3.8, 4) is 28.5 Å². The van der Waals surface area contributed by atoms with Gasteiger partial charge in [0.05, 0.1) is 23.9 Å². The summed E-state index contributed by atoms with van der Waals surface area (Å²) < 4.78 is 5.73. The lowest BCUT2D eigenvalue weighted by Gasteiger charge is -2.14. The largest absolute Gasteiger partial charge is 0.496 e. The van der Waals surface area contributed by atoms with Gasteiger partial charge < -0.3 is 4.74 Å². The Balaban J connectivity index is 1.91. The molecule has 0 aliphatic rings. The maximum absolute atomic E-state index is 5.73. The Morgan fingerprint density at radius 1 is 0.714 bits per heavy atom. The lowest BCUT2D eigenvalue weighted by Crippen LogP contribution is -1.98.